The van der Waals surface area contributed by atoms with Gasteiger partial charge in [-0.1, -0.05) is 121 Å². The average molecular weight is 446 g/mol. The van der Waals surface area contributed by atoms with Gasteiger partial charge >= 0.3 is 0 Å². The molecule has 7 aromatic rings. The van der Waals surface area contributed by atoms with Gasteiger partial charge in [0.2, 0.25) is 0 Å². The van der Waals surface area contributed by atoms with Crippen LogP contribution >= 0.6 is 0 Å². The molecule has 6 aromatic carbocycles. The molecule has 0 saturated carbocycles. The van der Waals surface area contributed by atoms with Gasteiger partial charge in [-0.2, -0.15) is 0 Å². The first-order valence-corrected chi connectivity index (χ1v) is 12.1. The molecule has 0 N–H and O–H groups in total. The molecule has 1 aromatic heterocycles. The van der Waals surface area contributed by atoms with E-state index in [2.05, 4.69) is 128 Å². The van der Waals surface area contributed by atoms with Gasteiger partial charge in [0, 0.05) is 27.1 Å². The van der Waals surface area contributed by atoms with Gasteiger partial charge in [-0.15, -0.1) is 0 Å². The number of hydrogen-bond acceptors (Lipinski definition) is 1. The van der Waals surface area contributed by atoms with Gasteiger partial charge in [0.15, 0.2) is 0 Å². The molecule has 1 heterocycles. The Balaban J connectivity index is 1.62. The molecular weight excluding hydrogens is 422 g/mol. The van der Waals surface area contributed by atoms with Crippen LogP contribution in [-0.4, -0.2) is 4.98 Å². The second-order valence-electron chi connectivity index (χ2n) is 9.30. The largest absolute Gasteiger partial charge is 0.246 e. The van der Waals surface area contributed by atoms with E-state index in [0.717, 1.165) is 11.0 Å². The minimum absolute atomic E-state index is 1.06. The summed E-state index contributed by atoms with van der Waals surface area (Å²) in [6.45, 7) is 2.13. The summed E-state index contributed by atoms with van der Waals surface area (Å²) >= 11 is 0. The van der Waals surface area contributed by atoms with Gasteiger partial charge in [0.05, 0.1) is 11.0 Å². The lowest BCUT2D eigenvalue weighted by Crippen LogP contribution is -1.92. The van der Waals surface area contributed by atoms with E-state index in [4.69, 9.17) is 4.98 Å². The SMILES string of the molecule is Cc1ccc(-c2cccc(-c3c4ccc5ccccc5c4nc4c3ccc3ccccc34)c2)cc1. The molecule has 0 unspecified atom stereocenters. The highest BCUT2D eigenvalue weighted by Gasteiger charge is 2.15. The van der Waals surface area contributed by atoms with Gasteiger partial charge in [0.25, 0.3) is 0 Å². The fraction of sp³-hybridized carbons (Fsp3) is 0.0294. The molecule has 0 saturated heterocycles. The van der Waals surface area contributed by atoms with Gasteiger partial charge in [-0.05, 0) is 40.5 Å². The highest BCUT2D eigenvalue weighted by molar-refractivity contribution is 6.21. The van der Waals surface area contributed by atoms with Crippen LogP contribution in [-0.2, 0) is 0 Å². The van der Waals surface area contributed by atoms with Crippen LogP contribution in [0.5, 0.6) is 0 Å². The molecule has 1 heteroatoms. The fourth-order valence-corrected chi connectivity index (χ4v) is 5.32. The number of aromatic nitrogens is 1. The number of benzene rings is 6. The highest BCUT2D eigenvalue weighted by Crippen LogP contribution is 2.40. The molecule has 0 radical (unpaired) electrons. The second-order valence-corrected chi connectivity index (χ2v) is 9.30. The molecule has 35 heavy (non-hydrogen) atoms. The zero-order chi connectivity index (χ0) is 23.4. The van der Waals surface area contributed by atoms with Gasteiger partial charge in [0.1, 0.15) is 0 Å². The maximum atomic E-state index is 5.31. The molecule has 0 bridgehead atoms. The summed E-state index contributed by atoms with van der Waals surface area (Å²) < 4.78 is 0. The van der Waals surface area contributed by atoms with Crippen molar-refractivity contribution in [2.24, 2.45) is 0 Å². The third-order valence-corrected chi connectivity index (χ3v) is 7.10. The molecule has 7 rings (SSSR count). The average Bonchev–Trinajstić information content (AvgIpc) is 2.92. The minimum Gasteiger partial charge on any atom is -0.246 e. The normalized spacial score (nSPS) is 11.6. The van der Waals surface area contributed by atoms with Crippen LogP contribution in [0.25, 0.3) is 65.6 Å². The summed E-state index contributed by atoms with van der Waals surface area (Å²) in [5.41, 5.74) is 8.31. The van der Waals surface area contributed by atoms with E-state index in [1.165, 1.54) is 60.1 Å². The second kappa shape index (κ2) is 7.78. The van der Waals surface area contributed by atoms with Crippen molar-refractivity contribution in [2.45, 2.75) is 6.92 Å². The summed E-state index contributed by atoms with van der Waals surface area (Å²) in [6, 6.07) is 43.7. The van der Waals surface area contributed by atoms with Crippen molar-refractivity contribution >= 4 is 43.4 Å². The molecule has 0 aliphatic carbocycles. The Morgan fingerprint density at radius 2 is 1.00 bits per heavy atom. The predicted octanol–water partition coefficient (Wildman–Crippen LogP) is 9.34. The van der Waals surface area contributed by atoms with Crippen LogP contribution < -0.4 is 0 Å². The number of hydrogen-bond donors (Lipinski definition) is 0. The van der Waals surface area contributed by atoms with Crippen LogP contribution in [0.2, 0.25) is 0 Å². The van der Waals surface area contributed by atoms with Crippen LogP contribution in [0.4, 0.5) is 0 Å². The van der Waals surface area contributed by atoms with E-state index in [1.54, 1.807) is 0 Å². The number of pyridine rings is 1. The van der Waals surface area contributed by atoms with E-state index in [-0.39, 0.29) is 0 Å². The summed E-state index contributed by atoms with van der Waals surface area (Å²) in [4.78, 5) is 5.31. The Hall–Kier alpha value is -4.49. The summed E-state index contributed by atoms with van der Waals surface area (Å²) in [6.07, 6.45) is 0. The summed E-state index contributed by atoms with van der Waals surface area (Å²) in [5.74, 6) is 0. The number of rotatable bonds is 2. The molecule has 0 amide bonds. The van der Waals surface area contributed by atoms with E-state index >= 15 is 0 Å². The first-order chi connectivity index (χ1) is 17.3. The van der Waals surface area contributed by atoms with Crippen molar-refractivity contribution < 1.29 is 0 Å². The van der Waals surface area contributed by atoms with E-state index in [9.17, 15) is 0 Å². The molecule has 0 spiro atoms. The lowest BCUT2D eigenvalue weighted by Gasteiger charge is -2.15. The Labute approximate surface area is 204 Å². The maximum Gasteiger partial charge on any atom is 0.0794 e. The Morgan fingerprint density at radius 3 is 1.63 bits per heavy atom. The first-order valence-electron chi connectivity index (χ1n) is 12.1. The number of aryl methyl sites for hydroxylation is 1. The fourth-order valence-electron chi connectivity index (χ4n) is 5.32. The van der Waals surface area contributed by atoms with Crippen molar-refractivity contribution in [2.75, 3.05) is 0 Å². The van der Waals surface area contributed by atoms with E-state index in [0.29, 0.717) is 0 Å². The van der Waals surface area contributed by atoms with Gasteiger partial charge in [-0.3, -0.25) is 0 Å². The first kappa shape index (κ1) is 19.9. The number of nitrogens with zero attached hydrogens (tertiary/aromatic N) is 1. The van der Waals surface area contributed by atoms with E-state index in [1.807, 2.05) is 0 Å². The van der Waals surface area contributed by atoms with Gasteiger partial charge < -0.3 is 0 Å². The van der Waals surface area contributed by atoms with Crippen LogP contribution in [0.3, 0.4) is 0 Å². The summed E-state index contributed by atoms with van der Waals surface area (Å²) in [5, 5.41) is 7.18. The quantitative estimate of drug-likeness (QED) is 0.191. The summed E-state index contributed by atoms with van der Waals surface area (Å²) in [7, 11) is 0. The Kier molecular flexibility index (Phi) is 4.43. The monoisotopic (exact) mass is 445 g/mol. The molecule has 164 valence electrons. The maximum absolute atomic E-state index is 5.31. The smallest absolute Gasteiger partial charge is 0.0794 e. The zero-order valence-electron chi connectivity index (χ0n) is 19.5. The Bertz CT molecular complexity index is 1800. The molecule has 0 atom stereocenters. The van der Waals surface area contributed by atoms with Gasteiger partial charge in [-0.25, -0.2) is 4.98 Å². The van der Waals surface area contributed by atoms with Crippen LogP contribution in [0, 0.1) is 6.92 Å². The Morgan fingerprint density at radius 1 is 0.429 bits per heavy atom. The van der Waals surface area contributed by atoms with Crippen LogP contribution in [0.1, 0.15) is 5.56 Å². The third kappa shape index (κ3) is 3.20. The van der Waals surface area contributed by atoms with Crippen molar-refractivity contribution in [3.05, 3.63) is 127 Å². The zero-order valence-corrected chi connectivity index (χ0v) is 19.5. The van der Waals surface area contributed by atoms with Crippen molar-refractivity contribution in [1.82, 2.24) is 4.98 Å². The van der Waals surface area contributed by atoms with Crippen molar-refractivity contribution in [3.8, 4) is 22.3 Å². The van der Waals surface area contributed by atoms with Crippen LogP contribution in [0.15, 0.2) is 121 Å². The minimum atomic E-state index is 1.06. The molecule has 0 aliphatic rings. The molecule has 0 aliphatic heterocycles. The van der Waals surface area contributed by atoms with Crippen molar-refractivity contribution in [1.29, 1.82) is 0 Å². The predicted molar refractivity (Wildman–Crippen MR) is 150 cm³/mol. The molecule has 1 nitrogen and oxygen atoms in total. The highest BCUT2D eigenvalue weighted by atomic mass is 14.7. The molecular formula is C34H23N. The topological polar surface area (TPSA) is 12.9 Å². The lowest BCUT2D eigenvalue weighted by molar-refractivity contribution is 1.47. The molecule has 0 fully saturated rings. The lowest BCUT2D eigenvalue weighted by atomic mass is 9.91. The number of fused-ring (bicyclic) bond motifs is 6. The standard InChI is InChI=1S/C34H23N/c1-22-13-15-23(16-14-22)26-9-6-10-27(21-26)32-30-19-17-24-7-2-4-11-28(24)33(30)35-34-29-12-5-3-8-25(29)18-20-31(32)34/h2-21H,1H3. The van der Waals surface area contributed by atoms with E-state index < -0.39 is 0 Å². The third-order valence-electron chi connectivity index (χ3n) is 7.10. The van der Waals surface area contributed by atoms with Crippen molar-refractivity contribution in [3.63, 3.8) is 0 Å².